The number of fused-ring (bicyclic) bond motifs is 2. The summed E-state index contributed by atoms with van der Waals surface area (Å²) < 4.78 is 2.15. The Morgan fingerprint density at radius 3 is 2.75 bits per heavy atom. The van der Waals surface area contributed by atoms with Crippen molar-refractivity contribution in [2.45, 2.75) is 19.1 Å². The minimum absolute atomic E-state index is 0.376. The summed E-state index contributed by atoms with van der Waals surface area (Å²) in [6.07, 6.45) is 7.15. The molecule has 0 saturated heterocycles. The second kappa shape index (κ2) is 7.30. The molecule has 0 saturated carbocycles. The zero-order valence-electron chi connectivity index (χ0n) is 15.9. The Bertz CT molecular complexity index is 1140. The van der Waals surface area contributed by atoms with Crippen molar-refractivity contribution in [3.8, 4) is 0 Å². The van der Waals surface area contributed by atoms with Crippen LogP contribution >= 0.6 is 0 Å². The van der Waals surface area contributed by atoms with Gasteiger partial charge in [0.2, 0.25) is 0 Å². The van der Waals surface area contributed by atoms with Gasteiger partial charge in [0.05, 0.1) is 6.10 Å². The first-order chi connectivity index (χ1) is 13.8. The second-order valence-corrected chi connectivity index (χ2v) is 7.67. The first-order valence-electron chi connectivity index (χ1n) is 9.98. The molecular formula is C24H25N3O. The number of H-pyrrole nitrogens is 1. The highest BCUT2D eigenvalue weighted by atomic mass is 16.3. The molecule has 3 heterocycles. The van der Waals surface area contributed by atoms with Gasteiger partial charge < -0.3 is 14.7 Å². The van der Waals surface area contributed by atoms with Crippen LogP contribution in [0.4, 0.5) is 0 Å². The third kappa shape index (κ3) is 3.26. The number of benzene rings is 2. The lowest BCUT2D eigenvalue weighted by Crippen LogP contribution is -2.37. The van der Waals surface area contributed by atoms with Gasteiger partial charge in [0, 0.05) is 60.6 Å². The van der Waals surface area contributed by atoms with Crippen molar-refractivity contribution in [2.24, 2.45) is 0 Å². The lowest BCUT2D eigenvalue weighted by Gasteiger charge is -2.28. The number of para-hydroxylation sites is 2. The van der Waals surface area contributed by atoms with E-state index in [1.54, 1.807) is 0 Å². The molecule has 0 bridgehead atoms. The summed E-state index contributed by atoms with van der Waals surface area (Å²) in [4.78, 5) is 5.71. The number of aromatic nitrogens is 2. The number of hydrogen-bond acceptors (Lipinski definition) is 2. The van der Waals surface area contributed by atoms with Crippen LogP contribution in [0, 0.1) is 0 Å². The first-order valence-corrected chi connectivity index (χ1v) is 9.98. The van der Waals surface area contributed by atoms with Crippen LogP contribution in [-0.2, 0) is 6.54 Å². The quantitative estimate of drug-likeness (QED) is 0.550. The number of nitrogens with zero attached hydrogens (tertiary/aromatic N) is 2. The number of rotatable bonds is 5. The molecule has 28 heavy (non-hydrogen) atoms. The molecule has 1 aliphatic rings. The monoisotopic (exact) mass is 371 g/mol. The third-order valence-electron chi connectivity index (χ3n) is 5.79. The van der Waals surface area contributed by atoms with Crippen LogP contribution in [0.15, 0.2) is 73.1 Å². The van der Waals surface area contributed by atoms with Crippen LogP contribution in [0.5, 0.6) is 0 Å². The van der Waals surface area contributed by atoms with Gasteiger partial charge in [0.1, 0.15) is 0 Å². The first kappa shape index (κ1) is 17.3. The summed E-state index contributed by atoms with van der Waals surface area (Å²) in [5, 5.41) is 13.2. The molecular weight excluding hydrogens is 346 g/mol. The van der Waals surface area contributed by atoms with E-state index in [1.807, 2.05) is 6.07 Å². The molecule has 4 nitrogen and oxygen atoms in total. The van der Waals surface area contributed by atoms with E-state index in [-0.39, 0.29) is 6.10 Å². The van der Waals surface area contributed by atoms with Crippen molar-refractivity contribution >= 4 is 27.4 Å². The summed E-state index contributed by atoms with van der Waals surface area (Å²) in [6, 6.07) is 18.9. The van der Waals surface area contributed by atoms with Crippen LogP contribution in [0.25, 0.3) is 27.4 Å². The van der Waals surface area contributed by atoms with Gasteiger partial charge >= 0.3 is 0 Å². The van der Waals surface area contributed by atoms with E-state index in [0.717, 1.165) is 19.5 Å². The van der Waals surface area contributed by atoms with Crippen LogP contribution in [-0.4, -0.2) is 45.3 Å². The van der Waals surface area contributed by atoms with Gasteiger partial charge in [-0.2, -0.15) is 0 Å². The molecule has 2 N–H and O–H groups in total. The SMILES string of the molecule is O[C@@H](CN1CC=C(c2c[nH]c3ccccc23)CC1)Cn1ccc2ccccc21. The fourth-order valence-electron chi connectivity index (χ4n) is 4.34. The zero-order valence-corrected chi connectivity index (χ0v) is 15.9. The van der Waals surface area contributed by atoms with Crippen molar-refractivity contribution in [1.29, 1.82) is 0 Å². The molecule has 0 fully saturated rings. The minimum Gasteiger partial charge on any atom is -0.390 e. The maximum atomic E-state index is 10.6. The molecule has 142 valence electrons. The number of aliphatic hydroxyl groups is 1. The smallest absolute Gasteiger partial charge is 0.0845 e. The van der Waals surface area contributed by atoms with E-state index < -0.39 is 0 Å². The molecule has 2 aromatic heterocycles. The molecule has 1 aliphatic heterocycles. The maximum absolute atomic E-state index is 10.6. The van der Waals surface area contributed by atoms with E-state index in [4.69, 9.17) is 0 Å². The van der Waals surface area contributed by atoms with Gasteiger partial charge in [0.25, 0.3) is 0 Å². The van der Waals surface area contributed by atoms with Gasteiger partial charge in [-0.25, -0.2) is 0 Å². The molecule has 4 heteroatoms. The molecule has 2 aromatic carbocycles. The van der Waals surface area contributed by atoms with Crippen molar-refractivity contribution in [1.82, 2.24) is 14.5 Å². The highest BCUT2D eigenvalue weighted by Gasteiger charge is 2.18. The summed E-state index contributed by atoms with van der Waals surface area (Å²) in [5.74, 6) is 0. The number of hydrogen-bond donors (Lipinski definition) is 2. The second-order valence-electron chi connectivity index (χ2n) is 7.67. The average molecular weight is 371 g/mol. The molecule has 0 spiro atoms. The number of aromatic amines is 1. The van der Waals surface area contributed by atoms with E-state index in [2.05, 4.69) is 81.5 Å². The minimum atomic E-state index is -0.376. The van der Waals surface area contributed by atoms with Crippen molar-refractivity contribution in [3.05, 3.63) is 78.6 Å². The van der Waals surface area contributed by atoms with Gasteiger partial charge in [0.15, 0.2) is 0 Å². The Morgan fingerprint density at radius 1 is 1.00 bits per heavy atom. The Balaban J connectivity index is 1.24. The fraction of sp³-hybridized carbons (Fsp3) is 0.250. The Labute approximate surface area is 164 Å². The average Bonchev–Trinajstić information content (AvgIpc) is 3.33. The van der Waals surface area contributed by atoms with E-state index in [1.165, 1.54) is 32.9 Å². The standard InChI is InChI=1S/C24H25N3O/c28-20(17-27-14-11-19-5-1-4-8-24(19)27)16-26-12-9-18(10-13-26)22-15-25-23-7-3-2-6-21(22)23/h1-9,11,14-15,20,25,28H,10,12-13,16-17H2/t20-/m0/s1. The lowest BCUT2D eigenvalue weighted by atomic mass is 9.99. The highest BCUT2D eigenvalue weighted by molar-refractivity contribution is 5.92. The summed E-state index contributed by atoms with van der Waals surface area (Å²) in [6.45, 7) is 3.19. The normalized spacial score (nSPS) is 16.5. The van der Waals surface area contributed by atoms with Crippen LogP contribution < -0.4 is 0 Å². The van der Waals surface area contributed by atoms with Crippen LogP contribution in [0.1, 0.15) is 12.0 Å². The maximum Gasteiger partial charge on any atom is 0.0845 e. The summed E-state index contributed by atoms with van der Waals surface area (Å²) in [7, 11) is 0. The predicted molar refractivity (Wildman–Crippen MR) is 115 cm³/mol. The van der Waals surface area contributed by atoms with Crippen molar-refractivity contribution < 1.29 is 5.11 Å². The van der Waals surface area contributed by atoms with Gasteiger partial charge in [-0.3, -0.25) is 4.90 Å². The van der Waals surface area contributed by atoms with Gasteiger partial charge in [-0.15, -0.1) is 0 Å². The van der Waals surface area contributed by atoms with Gasteiger partial charge in [-0.05, 0) is 35.6 Å². The van der Waals surface area contributed by atoms with Crippen molar-refractivity contribution in [2.75, 3.05) is 19.6 Å². The van der Waals surface area contributed by atoms with Crippen LogP contribution in [0.3, 0.4) is 0 Å². The number of aliphatic hydroxyl groups excluding tert-OH is 1. The molecule has 0 aliphatic carbocycles. The Hall–Kier alpha value is -2.82. The largest absolute Gasteiger partial charge is 0.390 e. The highest BCUT2D eigenvalue weighted by Crippen LogP contribution is 2.29. The number of nitrogens with one attached hydrogen (secondary N) is 1. The molecule has 4 aromatic rings. The molecule has 0 amide bonds. The van der Waals surface area contributed by atoms with Gasteiger partial charge in [-0.1, -0.05) is 42.5 Å². The fourth-order valence-corrected chi connectivity index (χ4v) is 4.34. The summed E-state index contributed by atoms with van der Waals surface area (Å²) >= 11 is 0. The predicted octanol–water partition coefficient (Wildman–Crippen LogP) is 4.27. The molecule has 0 unspecified atom stereocenters. The van der Waals surface area contributed by atoms with E-state index in [0.29, 0.717) is 13.1 Å². The van der Waals surface area contributed by atoms with Crippen molar-refractivity contribution in [3.63, 3.8) is 0 Å². The third-order valence-corrected chi connectivity index (χ3v) is 5.79. The number of β-amino-alcohol motifs (C(OH)–C–C–N with tert-alkyl or cyclic N) is 1. The van der Waals surface area contributed by atoms with E-state index in [9.17, 15) is 5.11 Å². The molecule has 5 rings (SSSR count). The zero-order chi connectivity index (χ0) is 18.9. The van der Waals surface area contributed by atoms with E-state index >= 15 is 0 Å². The topological polar surface area (TPSA) is 44.2 Å². The Kier molecular flexibility index (Phi) is 4.51. The summed E-state index contributed by atoms with van der Waals surface area (Å²) in [5.41, 5.74) is 5.09. The molecule has 0 radical (unpaired) electrons. The lowest BCUT2D eigenvalue weighted by molar-refractivity contribution is 0.104. The molecule has 1 atom stereocenters. The van der Waals surface area contributed by atoms with Crippen LogP contribution in [0.2, 0.25) is 0 Å². The Morgan fingerprint density at radius 2 is 1.86 bits per heavy atom.